The van der Waals surface area contributed by atoms with Crippen molar-refractivity contribution in [2.45, 2.75) is 68.3 Å². The summed E-state index contributed by atoms with van der Waals surface area (Å²) in [4.78, 5) is 11.6. The van der Waals surface area contributed by atoms with Crippen LogP contribution in [0.2, 0.25) is 0 Å². The molecule has 0 spiro atoms. The molecule has 4 rings (SSSR count). The highest BCUT2D eigenvalue weighted by atomic mass is 16.7. The van der Waals surface area contributed by atoms with Gasteiger partial charge in [0.25, 0.3) is 0 Å². The number of methoxy groups -OCH3 is 1. The smallest absolute Gasteiger partial charge is 0.336 e. The Bertz CT molecular complexity index is 1070. The zero-order valence-corrected chi connectivity index (χ0v) is 18.8. The molecule has 6 N–H and O–H groups in total. The minimum atomic E-state index is -1.70. The summed E-state index contributed by atoms with van der Waals surface area (Å²) in [5.41, 5.74) is -0.408. The van der Waals surface area contributed by atoms with Gasteiger partial charge in [0.15, 0.2) is 17.8 Å². The quantitative estimate of drug-likeness (QED) is 0.235. The van der Waals surface area contributed by atoms with Gasteiger partial charge in [0.2, 0.25) is 6.29 Å². The summed E-state index contributed by atoms with van der Waals surface area (Å²) in [6, 6.07) is 5.67. The topological polar surface area (TPSA) is 198 Å². The van der Waals surface area contributed by atoms with Crippen LogP contribution < -0.4 is 15.1 Å². The van der Waals surface area contributed by atoms with E-state index in [0.29, 0.717) is 5.39 Å². The first kappa shape index (κ1) is 25.8. The Morgan fingerprint density at radius 2 is 1.51 bits per heavy atom. The SMILES string of the molecule is COc1cc2ccc(=O)oc2cc1O[C@H]1O[C@@H](CO[C@@H]2O[C@H](C)[C@H](O)[C@@H](O)[C@@H]2O)[C@H](O)[C@@H](O)[C@@H]1O. The van der Waals surface area contributed by atoms with E-state index in [0.717, 1.165) is 0 Å². The highest BCUT2D eigenvalue weighted by Gasteiger charge is 2.47. The third-order valence-electron chi connectivity index (χ3n) is 6.05. The average molecular weight is 500 g/mol. The molecule has 1 aromatic heterocycles. The number of benzene rings is 1. The summed E-state index contributed by atoms with van der Waals surface area (Å²) in [5.74, 6) is 0.245. The van der Waals surface area contributed by atoms with Crippen molar-refractivity contribution in [3.63, 3.8) is 0 Å². The molecule has 194 valence electrons. The molecule has 0 saturated carbocycles. The molecule has 0 bridgehead atoms. The fourth-order valence-electron chi connectivity index (χ4n) is 3.94. The maximum atomic E-state index is 11.6. The largest absolute Gasteiger partial charge is 0.493 e. The first-order chi connectivity index (χ1) is 16.6. The summed E-state index contributed by atoms with van der Waals surface area (Å²) in [7, 11) is 1.38. The van der Waals surface area contributed by atoms with E-state index in [4.69, 9.17) is 28.1 Å². The van der Waals surface area contributed by atoms with Gasteiger partial charge in [0, 0.05) is 17.5 Å². The number of rotatable bonds is 6. The summed E-state index contributed by atoms with van der Waals surface area (Å²) >= 11 is 0. The molecule has 1 aromatic carbocycles. The summed E-state index contributed by atoms with van der Waals surface area (Å²) in [6.45, 7) is 1.04. The van der Waals surface area contributed by atoms with Crippen molar-refractivity contribution in [3.8, 4) is 11.5 Å². The zero-order valence-electron chi connectivity index (χ0n) is 18.8. The molecule has 2 aliphatic rings. The number of ether oxygens (including phenoxy) is 5. The predicted octanol–water partition coefficient (Wildman–Crippen LogP) is -2.17. The Morgan fingerprint density at radius 3 is 2.23 bits per heavy atom. The Hall–Kier alpha value is -2.33. The Labute approximate surface area is 198 Å². The van der Waals surface area contributed by atoms with Crippen molar-refractivity contribution < 1.29 is 58.7 Å². The standard InChI is InChI=1S/C22H28O13/c1-8-15(24)17(26)19(28)21(32-8)31-7-13-16(25)18(27)20(29)22(35-13)34-12-6-10-9(5-11(12)30-2)3-4-14(23)33-10/h3-6,8,13,15-22,24-29H,7H2,1-2H3/t8-,13+,15+,16+,17-,18-,19+,20+,21-,22+/m1/s1. The van der Waals surface area contributed by atoms with Crippen LogP contribution in [-0.2, 0) is 14.2 Å². The number of hydrogen-bond acceptors (Lipinski definition) is 13. The lowest BCUT2D eigenvalue weighted by atomic mass is 9.98. The maximum absolute atomic E-state index is 11.6. The molecule has 2 aliphatic heterocycles. The van der Waals surface area contributed by atoms with Crippen molar-refractivity contribution in [2.24, 2.45) is 0 Å². The van der Waals surface area contributed by atoms with E-state index in [2.05, 4.69) is 0 Å². The van der Waals surface area contributed by atoms with Crippen LogP contribution >= 0.6 is 0 Å². The second kappa shape index (κ2) is 10.3. The van der Waals surface area contributed by atoms with Gasteiger partial charge >= 0.3 is 5.63 Å². The van der Waals surface area contributed by atoms with Crippen molar-refractivity contribution in [1.29, 1.82) is 0 Å². The monoisotopic (exact) mass is 500 g/mol. The second-order valence-corrected chi connectivity index (χ2v) is 8.44. The van der Waals surface area contributed by atoms with Gasteiger partial charge in [-0.15, -0.1) is 0 Å². The first-order valence-electron chi connectivity index (χ1n) is 10.9. The van der Waals surface area contributed by atoms with Crippen molar-refractivity contribution in [2.75, 3.05) is 13.7 Å². The molecule has 3 heterocycles. The van der Waals surface area contributed by atoms with Gasteiger partial charge in [-0.25, -0.2) is 4.79 Å². The Morgan fingerprint density at radius 1 is 0.829 bits per heavy atom. The Balaban J connectivity index is 1.50. The highest BCUT2D eigenvalue weighted by Crippen LogP contribution is 2.35. The van der Waals surface area contributed by atoms with Gasteiger partial charge in [-0.1, -0.05) is 0 Å². The first-order valence-corrected chi connectivity index (χ1v) is 10.9. The van der Waals surface area contributed by atoms with E-state index >= 15 is 0 Å². The fraction of sp³-hybridized carbons (Fsp3) is 0.591. The van der Waals surface area contributed by atoms with E-state index < -0.39 is 73.6 Å². The summed E-state index contributed by atoms with van der Waals surface area (Å²) in [6.07, 6.45) is -14.4. The minimum Gasteiger partial charge on any atom is -0.493 e. The van der Waals surface area contributed by atoms with Gasteiger partial charge in [-0.3, -0.25) is 0 Å². The average Bonchev–Trinajstić information content (AvgIpc) is 2.84. The van der Waals surface area contributed by atoms with Crippen LogP contribution in [0.15, 0.2) is 33.5 Å². The van der Waals surface area contributed by atoms with Crippen LogP contribution in [0, 0.1) is 0 Å². The van der Waals surface area contributed by atoms with Crippen molar-refractivity contribution >= 4 is 11.0 Å². The van der Waals surface area contributed by atoms with E-state index in [-0.39, 0.29) is 17.1 Å². The molecule has 13 heteroatoms. The number of fused-ring (bicyclic) bond motifs is 1. The fourth-order valence-corrected chi connectivity index (χ4v) is 3.94. The number of aliphatic hydroxyl groups is 6. The molecule has 2 saturated heterocycles. The normalized spacial score (nSPS) is 37.8. The Kier molecular flexibility index (Phi) is 7.61. The maximum Gasteiger partial charge on any atom is 0.336 e. The van der Waals surface area contributed by atoms with Crippen LogP contribution in [0.25, 0.3) is 11.0 Å². The van der Waals surface area contributed by atoms with Crippen LogP contribution in [0.3, 0.4) is 0 Å². The molecule has 0 aliphatic carbocycles. The molecule has 0 amide bonds. The van der Waals surface area contributed by atoms with Gasteiger partial charge in [0.05, 0.1) is 19.8 Å². The van der Waals surface area contributed by atoms with Gasteiger partial charge in [-0.2, -0.15) is 0 Å². The lowest BCUT2D eigenvalue weighted by molar-refractivity contribution is -0.318. The molecule has 35 heavy (non-hydrogen) atoms. The second-order valence-electron chi connectivity index (χ2n) is 8.44. The van der Waals surface area contributed by atoms with Gasteiger partial charge in [-0.05, 0) is 19.1 Å². The molecule has 13 nitrogen and oxygen atoms in total. The molecule has 0 unspecified atom stereocenters. The summed E-state index contributed by atoms with van der Waals surface area (Å²) < 4.78 is 32.5. The van der Waals surface area contributed by atoms with Crippen LogP contribution in [0.4, 0.5) is 0 Å². The number of hydrogen-bond donors (Lipinski definition) is 6. The predicted molar refractivity (Wildman–Crippen MR) is 115 cm³/mol. The lowest BCUT2D eigenvalue weighted by Crippen LogP contribution is -2.61. The molecular weight excluding hydrogens is 472 g/mol. The van der Waals surface area contributed by atoms with E-state index in [1.165, 1.54) is 38.3 Å². The zero-order chi connectivity index (χ0) is 25.4. The van der Waals surface area contributed by atoms with E-state index in [1.807, 2.05) is 0 Å². The molecule has 2 fully saturated rings. The highest BCUT2D eigenvalue weighted by molar-refractivity contribution is 5.80. The number of aliphatic hydroxyl groups excluding tert-OH is 6. The third-order valence-corrected chi connectivity index (χ3v) is 6.05. The third kappa shape index (κ3) is 5.14. The van der Waals surface area contributed by atoms with Crippen LogP contribution in [0.5, 0.6) is 11.5 Å². The van der Waals surface area contributed by atoms with Gasteiger partial charge in [0.1, 0.15) is 48.3 Å². The van der Waals surface area contributed by atoms with E-state index in [9.17, 15) is 35.4 Å². The summed E-state index contributed by atoms with van der Waals surface area (Å²) in [5, 5.41) is 61.5. The molecule has 2 aromatic rings. The van der Waals surface area contributed by atoms with Crippen LogP contribution in [0.1, 0.15) is 6.92 Å². The van der Waals surface area contributed by atoms with Crippen LogP contribution in [-0.4, -0.2) is 106 Å². The lowest BCUT2D eigenvalue weighted by Gasteiger charge is -2.42. The van der Waals surface area contributed by atoms with Crippen molar-refractivity contribution in [3.05, 3.63) is 34.7 Å². The van der Waals surface area contributed by atoms with Crippen molar-refractivity contribution in [1.82, 2.24) is 0 Å². The molecular formula is C22H28O13. The molecule has 10 atom stereocenters. The van der Waals surface area contributed by atoms with Gasteiger partial charge < -0.3 is 58.7 Å². The van der Waals surface area contributed by atoms with E-state index in [1.54, 1.807) is 0 Å². The molecule has 0 radical (unpaired) electrons. The minimum absolute atomic E-state index is 0.0265.